The highest BCUT2D eigenvalue weighted by Crippen LogP contribution is 2.27. The van der Waals surface area contributed by atoms with Crippen LogP contribution in [0.25, 0.3) is 0 Å². The molecule has 0 radical (unpaired) electrons. The minimum atomic E-state index is 0.495. The Bertz CT molecular complexity index is 838. The second kappa shape index (κ2) is 7.51. The molecule has 0 aliphatic rings. The molecule has 0 saturated carbocycles. The van der Waals surface area contributed by atoms with Gasteiger partial charge in [0, 0.05) is 18.3 Å². The maximum absolute atomic E-state index is 6.04. The molecule has 1 aromatic heterocycles. The molecule has 6 heteroatoms. The third-order valence-electron chi connectivity index (χ3n) is 3.35. The third-order valence-corrected chi connectivity index (χ3v) is 4.09. The average molecular weight is 359 g/mol. The van der Waals surface area contributed by atoms with Crippen LogP contribution in [0.1, 0.15) is 11.4 Å². The van der Waals surface area contributed by atoms with E-state index in [9.17, 15) is 0 Å². The molecular formula is C18H16Cl2N4. The first-order chi connectivity index (χ1) is 11.6. The maximum atomic E-state index is 6.04. The van der Waals surface area contributed by atoms with Crippen LogP contribution in [-0.4, -0.2) is 9.97 Å². The predicted molar refractivity (Wildman–Crippen MR) is 100 cm³/mol. The smallest absolute Gasteiger partial charge is 0.136 e. The summed E-state index contributed by atoms with van der Waals surface area (Å²) in [6.07, 6.45) is 0. The van der Waals surface area contributed by atoms with E-state index in [1.807, 2.05) is 37.3 Å². The van der Waals surface area contributed by atoms with E-state index < -0.39 is 0 Å². The summed E-state index contributed by atoms with van der Waals surface area (Å²) >= 11 is 12.0. The lowest BCUT2D eigenvalue weighted by Crippen LogP contribution is -2.05. The van der Waals surface area contributed by atoms with Crippen LogP contribution in [0.4, 0.5) is 17.3 Å². The fourth-order valence-corrected chi connectivity index (χ4v) is 2.53. The van der Waals surface area contributed by atoms with Gasteiger partial charge in [0.05, 0.1) is 10.0 Å². The summed E-state index contributed by atoms with van der Waals surface area (Å²) in [4.78, 5) is 8.81. The number of halogens is 2. The van der Waals surface area contributed by atoms with Crippen LogP contribution in [-0.2, 0) is 6.54 Å². The molecule has 2 aromatic carbocycles. The Balaban J connectivity index is 1.74. The van der Waals surface area contributed by atoms with Crippen molar-refractivity contribution < 1.29 is 0 Å². The number of rotatable bonds is 5. The Morgan fingerprint density at radius 2 is 1.62 bits per heavy atom. The second-order valence-corrected chi connectivity index (χ2v) is 6.09. The zero-order chi connectivity index (χ0) is 16.9. The number of nitrogens with zero attached hydrogens (tertiary/aromatic N) is 2. The highest BCUT2D eigenvalue weighted by molar-refractivity contribution is 6.42. The third kappa shape index (κ3) is 4.37. The standard InChI is InChI=1S/C18H16Cl2N4/c1-12-22-17(21-11-13-5-3-2-4-6-13)10-18(23-12)24-14-7-8-15(19)16(20)9-14/h2-10H,11H2,1H3,(H2,21,22,23,24). The Hall–Kier alpha value is -2.30. The quantitative estimate of drug-likeness (QED) is 0.636. The minimum Gasteiger partial charge on any atom is -0.366 e. The van der Waals surface area contributed by atoms with Gasteiger partial charge in [0.15, 0.2) is 0 Å². The molecule has 3 rings (SSSR count). The Kier molecular flexibility index (Phi) is 5.18. The maximum Gasteiger partial charge on any atom is 0.136 e. The van der Waals surface area contributed by atoms with Gasteiger partial charge in [-0.1, -0.05) is 53.5 Å². The Labute approximate surface area is 150 Å². The highest BCUT2D eigenvalue weighted by atomic mass is 35.5. The van der Waals surface area contributed by atoms with Crippen LogP contribution in [0, 0.1) is 6.92 Å². The molecule has 0 aliphatic heterocycles. The zero-order valence-electron chi connectivity index (χ0n) is 13.1. The summed E-state index contributed by atoms with van der Waals surface area (Å²) < 4.78 is 0. The van der Waals surface area contributed by atoms with Crippen LogP contribution < -0.4 is 10.6 Å². The topological polar surface area (TPSA) is 49.8 Å². The van der Waals surface area contributed by atoms with Crippen molar-refractivity contribution in [1.82, 2.24) is 9.97 Å². The SMILES string of the molecule is Cc1nc(NCc2ccccc2)cc(Nc2ccc(Cl)c(Cl)c2)n1. The summed E-state index contributed by atoms with van der Waals surface area (Å²) in [7, 11) is 0. The van der Waals surface area contributed by atoms with Gasteiger partial charge in [-0.05, 0) is 30.7 Å². The lowest BCUT2D eigenvalue weighted by atomic mass is 10.2. The van der Waals surface area contributed by atoms with E-state index in [4.69, 9.17) is 23.2 Å². The normalized spacial score (nSPS) is 10.5. The van der Waals surface area contributed by atoms with Crippen molar-refractivity contribution in [1.29, 1.82) is 0 Å². The van der Waals surface area contributed by atoms with Gasteiger partial charge in [0.2, 0.25) is 0 Å². The van der Waals surface area contributed by atoms with Crippen LogP contribution in [0.3, 0.4) is 0 Å². The van der Waals surface area contributed by atoms with Crippen LogP contribution >= 0.6 is 23.2 Å². The lowest BCUT2D eigenvalue weighted by molar-refractivity contribution is 1.03. The molecule has 0 unspecified atom stereocenters. The van der Waals surface area contributed by atoms with Gasteiger partial charge in [-0.15, -0.1) is 0 Å². The number of anilines is 3. The monoisotopic (exact) mass is 358 g/mol. The lowest BCUT2D eigenvalue weighted by Gasteiger charge is -2.11. The van der Waals surface area contributed by atoms with E-state index in [1.54, 1.807) is 12.1 Å². The van der Waals surface area contributed by atoms with Crippen molar-refractivity contribution in [3.05, 3.63) is 76.0 Å². The summed E-state index contributed by atoms with van der Waals surface area (Å²) in [6.45, 7) is 2.55. The highest BCUT2D eigenvalue weighted by Gasteiger charge is 2.04. The van der Waals surface area contributed by atoms with Gasteiger partial charge in [0.25, 0.3) is 0 Å². The van der Waals surface area contributed by atoms with Gasteiger partial charge in [0.1, 0.15) is 17.5 Å². The van der Waals surface area contributed by atoms with Gasteiger partial charge < -0.3 is 10.6 Å². The molecule has 2 N–H and O–H groups in total. The average Bonchev–Trinajstić information content (AvgIpc) is 2.57. The molecule has 0 aliphatic carbocycles. The van der Waals surface area contributed by atoms with Crippen molar-refractivity contribution >= 4 is 40.5 Å². The van der Waals surface area contributed by atoms with Gasteiger partial charge >= 0.3 is 0 Å². The zero-order valence-corrected chi connectivity index (χ0v) is 14.6. The fraction of sp³-hybridized carbons (Fsp3) is 0.111. The summed E-state index contributed by atoms with van der Waals surface area (Å²) in [5, 5.41) is 7.54. The van der Waals surface area contributed by atoms with Crippen molar-refractivity contribution in [2.24, 2.45) is 0 Å². The number of benzene rings is 2. The van der Waals surface area contributed by atoms with Crippen molar-refractivity contribution in [2.75, 3.05) is 10.6 Å². The molecule has 0 saturated heterocycles. The van der Waals surface area contributed by atoms with E-state index in [-0.39, 0.29) is 0 Å². The van der Waals surface area contributed by atoms with Crippen LogP contribution in [0.5, 0.6) is 0 Å². The molecule has 4 nitrogen and oxygen atoms in total. The van der Waals surface area contributed by atoms with Gasteiger partial charge in [-0.25, -0.2) is 9.97 Å². The molecule has 0 atom stereocenters. The molecule has 0 fully saturated rings. The van der Waals surface area contributed by atoms with Gasteiger partial charge in [-0.2, -0.15) is 0 Å². The fourth-order valence-electron chi connectivity index (χ4n) is 2.23. The molecular weight excluding hydrogens is 343 g/mol. The van der Waals surface area contributed by atoms with E-state index in [0.29, 0.717) is 28.2 Å². The molecule has 122 valence electrons. The van der Waals surface area contributed by atoms with E-state index in [1.165, 1.54) is 5.56 Å². The number of nitrogens with one attached hydrogen (secondary N) is 2. The summed E-state index contributed by atoms with van der Waals surface area (Å²) in [5.74, 6) is 2.13. The molecule has 1 heterocycles. The molecule has 3 aromatic rings. The minimum absolute atomic E-state index is 0.495. The molecule has 0 spiro atoms. The summed E-state index contributed by atoms with van der Waals surface area (Å²) in [6, 6.07) is 17.4. The summed E-state index contributed by atoms with van der Waals surface area (Å²) in [5.41, 5.74) is 2.00. The first-order valence-electron chi connectivity index (χ1n) is 7.46. The first kappa shape index (κ1) is 16.6. The van der Waals surface area contributed by atoms with Crippen molar-refractivity contribution in [3.8, 4) is 0 Å². The number of hydrogen-bond acceptors (Lipinski definition) is 4. The molecule has 0 amide bonds. The Morgan fingerprint density at radius 1 is 0.875 bits per heavy atom. The number of aryl methyl sites for hydroxylation is 1. The Morgan fingerprint density at radius 3 is 2.38 bits per heavy atom. The molecule has 0 bridgehead atoms. The van der Waals surface area contributed by atoms with Gasteiger partial charge in [-0.3, -0.25) is 0 Å². The first-order valence-corrected chi connectivity index (χ1v) is 8.21. The van der Waals surface area contributed by atoms with E-state index in [2.05, 4.69) is 32.7 Å². The van der Waals surface area contributed by atoms with Crippen molar-refractivity contribution in [3.63, 3.8) is 0 Å². The van der Waals surface area contributed by atoms with Crippen LogP contribution in [0.15, 0.2) is 54.6 Å². The van der Waals surface area contributed by atoms with Crippen molar-refractivity contribution in [2.45, 2.75) is 13.5 Å². The van der Waals surface area contributed by atoms with E-state index in [0.717, 1.165) is 11.5 Å². The largest absolute Gasteiger partial charge is 0.366 e. The van der Waals surface area contributed by atoms with E-state index >= 15 is 0 Å². The molecule has 24 heavy (non-hydrogen) atoms. The second-order valence-electron chi connectivity index (χ2n) is 5.28. The number of hydrogen-bond donors (Lipinski definition) is 2. The number of aromatic nitrogens is 2. The van der Waals surface area contributed by atoms with Crippen LogP contribution in [0.2, 0.25) is 10.0 Å². The predicted octanol–water partition coefficient (Wildman–Crippen LogP) is 5.45.